The average molecular weight is 360 g/mol. The van der Waals surface area contributed by atoms with E-state index in [-0.39, 0.29) is 11.5 Å². The van der Waals surface area contributed by atoms with Crippen molar-refractivity contribution in [2.75, 3.05) is 0 Å². The lowest BCUT2D eigenvalue weighted by molar-refractivity contribution is 0.564. The van der Waals surface area contributed by atoms with Crippen LogP contribution in [0.4, 0.5) is 0 Å². The van der Waals surface area contributed by atoms with Crippen molar-refractivity contribution in [1.29, 1.82) is 0 Å². The summed E-state index contributed by atoms with van der Waals surface area (Å²) in [7, 11) is -3.57. The van der Waals surface area contributed by atoms with Gasteiger partial charge in [0.25, 0.3) is 0 Å². The fourth-order valence-corrected chi connectivity index (χ4v) is 4.91. The maximum absolute atomic E-state index is 12.9. The highest BCUT2D eigenvalue weighted by atomic mass is 32.2. The Kier molecular flexibility index (Phi) is 5.45. The Bertz CT molecular complexity index is 837. The van der Waals surface area contributed by atoms with Crippen LogP contribution >= 0.6 is 0 Å². The molecule has 1 atom stereocenters. The number of benzene rings is 2. The highest BCUT2D eigenvalue weighted by Gasteiger charge is 2.23. The van der Waals surface area contributed by atoms with Crippen LogP contribution in [0, 0.1) is 20.8 Å². The molecule has 0 aliphatic heterocycles. The molecule has 0 fully saturated rings. The Morgan fingerprint density at radius 2 is 1.40 bits per heavy atom. The summed E-state index contributed by atoms with van der Waals surface area (Å²) in [6, 6.07) is 11.7. The third-order valence-corrected chi connectivity index (χ3v) is 6.33. The van der Waals surface area contributed by atoms with E-state index < -0.39 is 10.0 Å². The quantitative estimate of drug-likeness (QED) is 0.839. The molecule has 4 heteroatoms. The van der Waals surface area contributed by atoms with Crippen molar-refractivity contribution in [3.63, 3.8) is 0 Å². The van der Waals surface area contributed by atoms with Crippen LogP contribution in [0.5, 0.6) is 0 Å². The largest absolute Gasteiger partial charge is 0.241 e. The molecule has 0 aliphatic carbocycles. The molecule has 1 N–H and O–H groups in total. The van der Waals surface area contributed by atoms with Crippen LogP contribution in [0.2, 0.25) is 0 Å². The Morgan fingerprint density at radius 3 is 1.84 bits per heavy atom. The maximum Gasteiger partial charge on any atom is 0.241 e. The van der Waals surface area contributed by atoms with E-state index in [0.717, 1.165) is 22.3 Å². The summed E-state index contributed by atoms with van der Waals surface area (Å²) >= 11 is 0. The molecule has 3 nitrogen and oxygen atoms in total. The first-order valence-corrected chi connectivity index (χ1v) is 10.1. The van der Waals surface area contributed by atoms with Gasteiger partial charge in [-0.2, -0.15) is 0 Å². The summed E-state index contributed by atoms with van der Waals surface area (Å²) < 4.78 is 28.6. The third-order valence-electron chi connectivity index (χ3n) is 4.48. The van der Waals surface area contributed by atoms with Crippen molar-refractivity contribution in [1.82, 2.24) is 4.72 Å². The molecule has 0 bridgehead atoms. The summed E-state index contributed by atoms with van der Waals surface area (Å²) in [6.45, 7) is 14.0. The number of nitrogens with one attached hydrogen (secondary N) is 1. The highest BCUT2D eigenvalue weighted by Crippen LogP contribution is 2.26. The van der Waals surface area contributed by atoms with Crippen molar-refractivity contribution in [3.8, 4) is 0 Å². The Morgan fingerprint density at radius 1 is 0.920 bits per heavy atom. The van der Waals surface area contributed by atoms with Gasteiger partial charge < -0.3 is 0 Å². The molecule has 0 heterocycles. The molecule has 1 unspecified atom stereocenters. The summed E-state index contributed by atoms with van der Waals surface area (Å²) in [5, 5.41) is 0. The molecule has 0 aromatic heterocycles. The van der Waals surface area contributed by atoms with Crippen molar-refractivity contribution in [3.05, 3.63) is 64.2 Å². The Labute approximate surface area is 152 Å². The van der Waals surface area contributed by atoms with Crippen molar-refractivity contribution >= 4 is 10.0 Å². The molecule has 0 amide bonds. The lowest BCUT2D eigenvalue weighted by atomic mass is 9.86. The first-order chi connectivity index (χ1) is 11.4. The van der Waals surface area contributed by atoms with Gasteiger partial charge >= 0.3 is 0 Å². The predicted octanol–water partition coefficient (Wildman–Crippen LogP) is 4.95. The molecule has 0 saturated heterocycles. The van der Waals surface area contributed by atoms with Crippen LogP contribution in [-0.4, -0.2) is 8.42 Å². The third kappa shape index (κ3) is 4.50. The molecular formula is C21H29NO2S. The molecular weight excluding hydrogens is 330 g/mol. The van der Waals surface area contributed by atoms with Gasteiger partial charge in [0.15, 0.2) is 0 Å². The first kappa shape index (κ1) is 19.7. The van der Waals surface area contributed by atoms with E-state index in [9.17, 15) is 8.42 Å². The van der Waals surface area contributed by atoms with E-state index in [1.807, 2.05) is 52.0 Å². The van der Waals surface area contributed by atoms with Gasteiger partial charge in [0.05, 0.1) is 4.90 Å². The van der Waals surface area contributed by atoms with E-state index >= 15 is 0 Å². The van der Waals surface area contributed by atoms with E-state index in [1.165, 1.54) is 5.56 Å². The van der Waals surface area contributed by atoms with Gasteiger partial charge in [-0.25, -0.2) is 13.1 Å². The number of rotatable bonds is 4. The van der Waals surface area contributed by atoms with Crippen LogP contribution in [0.15, 0.2) is 41.3 Å². The van der Waals surface area contributed by atoms with Crippen LogP contribution in [-0.2, 0) is 15.4 Å². The predicted molar refractivity (Wildman–Crippen MR) is 105 cm³/mol. The maximum atomic E-state index is 12.9. The van der Waals surface area contributed by atoms with Gasteiger partial charge in [-0.3, -0.25) is 0 Å². The molecule has 0 radical (unpaired) electrons. The summed E-state index contributed by atoms with van der Waals surface area (Å²) in [5.74, 6) is 0. The zero-order chi connectivity index (χ0) is 19.0. The lowest BCUT2D eigenvalue weighted by Gasteiger charge is -2.21. The molecule has 2 rings (SSSR count). The number of sulfonamides is 1. The fourth-order valence-electron chi connectivity index (χ4n) is 3.22. The van der Waals surface area contributed by atoms with Gasteiger partial charge in [0.2, 0.25) is 10.0 Å². The second-order valence-corrected chi connectivity index (χ2v) is 9.59. The first-order valence-electron chi connectivity index (χ1n) is 8.62. The van der Waals surface area contributed by atoms with E-state index in [0.29, 0.717) is 4.90 Å². The van der Waals surface area contributed by atoms with E-state index in [2.05, 4.69) is 37.6 Å². The monoisotopic (exact) mass is 359 g/mol. The summed E-state index contributed by atoms with van der Waals surface area (Å²) in [6.07, 6.45) is 0. The SMILES string of the molecule is Cc1cc(C)c(S(=O)(=O)NC(C)c2ccc(C(C)(C)C)cc2)c(C)c1. The van der Waals surface area contributed by atoms with E-state index in [1.54, 1.807) is 0 Å². The molecule has 25 heavy (non-hydrogen) atoms. The number of hydrogen-bond acceptors (Lipinski definition) is 2. The Hall–Kier alpha value is -1.65. The molecule has 0 saturated carbocycles. The smallest absolute Gasteiger partial charge is 0.207 e. The van der Waals surface area contributed by atoms with Crippen LogP contribution in [0.3, 0.4) is 0 Å². The van der Waals surface area contributed by atoms with Crippen LogP contribution < -0.4 is 4.72 Å². The fraction of sp³-hybridized carbons (Fsp3) is 0.429. The zero-order valence-corrected chi connectivity index (χ0v) is 17.1. The van der Waals surface area contributed by atoms with Gasteiger partial charge in [0, 0.05) is 6.04 Å². The van der Waals surface area contributed by atoms with Crippen LogP contribution in [0.25, 0.3) is 0 Å². The minimum Gasteiger partial charge on any atom is -0.207 e. The number of aryl methyl sites for hydroxylation is 3. The van der Waals surface area contributed by atoms with Gasteiger partial charge in [0.1, 0.15) is 0 Å². The van der Waals surface area contributed by atoms with Gasteiger partial charge in [-0.15, -0.1) is 0 Å². The van der Waals surface area contributed by atoms with Crippen molar-refractivity contribution in [2.45, 2.75) is 64.8 Å². The summed E-state index contributed by atoms with van der Waals surface area (Å²) in [4.78, 5) is 0.385. The second kappa shape index (κ2) is 6.93. The van der Waals surface area contributed by atoms with Crippen molar-refractivity contribution in [2.24, 2.45) is 0 Å². The highest BCUT2D eigenvalue weighted by molar-refractivity contribution is 7.89. The normalized spacial score (nSPS) is 13.7. The molecule has 2 aromatic carbocycles. The van der Waals surface area contributed by atoms with Gasteiger partial charge in [-0.05, 0) is 55.4 Å². The molecule has 2 aromatic rings. The second-order valence-electron chi connectivity index (χ2n) is 7.94. The van der Waals surface area contributed by atoms with Gasteiger partial charge in [-0.1, -0.05) is 62.7 Å². The molecule has 0 aliphatic rings. The standard InChI is InChI=1S/C21H29NO2S/c1-14-12-15(2)20(16(3)13-14)25(23,24)22-17(4)18-8-10-19(11-9-18)21(5,6)7/h8-13,17,22H,1-7H3. The molecule has 136 valence electrons. The minimum absolute atomic E-state index is 0.0807. The number of hydrogen-bond donors (Lipinski definition) is 1. The average Bonchev–Trinajstić information content (AvgIpc) is 2.44. The van der Waals surface area contributed by atoms with Crippen LogP contribution in [0.1, 0.15) is 61.6 Å². The van der Waals surface area contributed by atoms with E-state index in [4.69, 9.17) is 0 Å². The summed E-state index contributed by atoms with van der Waals surface area (Å²) in [5.41, 5.74) is 4.90. The molecule has 0 spiro atoms. The zero-order valence-electron chi connectivity index (χ0n) is 16.3. The topological polar surface area (TPSA) is 46.2 Å². The Balaban J connectivity index is 2.29. The lowest BCUT2D eigenvalue weighted by Crippen LogP contribution is -2.28. The minimum atomic E-state index is -3.57. The van der Waals surface area contributed by atoms with Crippen molar-refractivity contribution < 1.29 is 8.42 Å².